The molecule has 3 rings (SSSR count). The summed E-state index contributed by atoms with van der Waals surface area (Å²) >= 11 is 1.38. The Morgan fingerprint density at radius 3 is 2.80 bits per heavy atom. The molecule has 0 aliphatic heterocycles. The van der Waals surface area contributed by atoms with E-state index < -0.39 is 5.97 Å². The van der Waals surface area contributed by atoms with E-state index in [1.165, 1.54) is 37.0 Å². The van der Waals surface area contributed by atoms with Gasteiger partial charge < -0.3 is 10.4 Å². The van der Waals surface area contributed by atoms with Crippen molar-refractivity contribution in [3.8, 4) is 0 Å². The molecule has 0 atom stereocenters. The highest BCUT2D eigenvalue weighted by molar-refractivity contribution is 7.21. The summed E-state index contributed by atoms with van der Waals surface area (Å²) in [5, 5.41) is 13.9. The maximum Gasteiger partial charge on any atom is 0.346 e. The summed E-state index contributed by atoms with van der Waals surface area (Å²) in [4.78, 5) is 11.9. The lowest BCUT2D eigenvalue weighted by molar-refractivity contribution is 0.0701. The van der Waals surface area contributed by atoms with Crippen LogP contribution in [0.4, 0.5) is 0 Å². The number of rotatable bonds is 5. The van der Waals surface area contributed by atoms with Crippen LogP contribution in [0.1, 0.15) is 40.9 Å². The van der Waals surface area contributed by atoms with Gasteiger partial charge >= 0.3 is 5.97 Å². The largest absolute Gasteiger partial charge is 0.477 e. The van der Waals surface area contributed by atoms with Gasteiger partial charge in [-0.25, -0.2) is 4.79 Å². The summed E-state index contributed by atoms with van der Waals surface area (Å²) in [6.07, 6.45) is 5.30. The Labute approximate surface area is 122 Å². The Balaban J connectivity index is 1.78. The van der Waals surface area contributed by atoms with E-state index in [1.54, 1.807) is 0 Å². The molecular formula is C16H19NO2S. The van der Waals surface area contributed by atoms with Crippen LogP contribution in [0.15, 0.2) is 24.3 Å². The van der Waals surface area contributed by atoms with E-state index in [-0.39, 0.29) is 0 Å². The van der Waals surface area contributed by atoms with Gasteiger partial charge in [0.25, 0.3) is 0 Å². The maximum absolute atomic E-state index is 11.4. The minimum atomic E-state index is -0.816. The quantitative estimate of drug-likeness (QED) is 0.878. The van der Waals surface area contributed by atoms with Crippen molar-refractivity contribution >= 4 is 27.4 Å². The van der Waals surface area contributed by atoms with Crippen LogP contribution in [-0.2, 0) is 6.54 Å². The van der Waals surface area contributed by atoms with Crippen LogP contribution in [0.2, 0.25) is 0 Å². The van der Waals surface area contributed by atoms with E-state index in [2.05, 4.69) is 5.32 Å². The van der Waals surface area contributed by atoms with Crippen LogP contribution in [-0.4, -0.2) is 17.6 Å². The molecule has 1 heterocycles. The topological polar surface area (TPSA) is 49.3 Å². The molecule has 1 fully saturated rings. The average Bonchev–Trinajstić information content (AvgIpc) is 3.07. The summed E-state index contributed by atoms with van der Waals surface area (Å²) in [6.45, 7) is 1.66. The molecule has 1 aromatic heterocycles. The highest BCUT2D eigenvalue weighted by Crippen LogP contribution is 2.31. The SMILES string of the molecule is O=C(O)c1sc2ccccc2c1CNCC1CCCC1. The number of hydrogen-bond acceptors (Lipinski definition) is 3. The summed E-state index contributed by atoms with van der Waals surface area (Å²) < 4.78 is 1.06. The number of benzene rings is 1. The molecule has 2 aromatic rings. The molecular weight excluding hydrogens is 270 g/mol. The van der Waals surface area contributed by atoms with Gasteiger partial charge in [0.2, 0.25) is 0 Å². The molecule has 0 bridgehead atoms. The van der Waals surface area contributed by atoms with Crippen LogP contribution < -0.4 is 5.32 Å². The molecule has 3 nitrogen and oxygen atoms in total. The molecule has 2 N–H and O–H groups in total. The fourth-order valence-corrected chi connectivity index (χ4v) is 4.12. The third kappa shape index (κ3) is 2.72. The molecule has 1 aromatic carbocycles. The van der Waals surface area contributed by atoms with Crippen molar-refractivity contribution in [1.82, 2.24) is 5.32 Å². The van der Waals surface area contributed by atoms with Crippen molar-refractivity contribution in [2.24, 2.45) is 5.92 Å². The molecule has 0 unspecified atom stereocenters. The lowest BCUT2D eigenvalue weighted by Gasteiger charge is -2.10. The van der Waals surface area contributed by atoms with Crippen LogP contribution in [0, 0.1) is 5.92 Å². The number of carboxylic acid groups (broad SMARTS) is 1. The average molecular weight is 289 g/mol. The van der Waals surface area contributed by atoms with Gasteiger partial charge in [0.05, 0.1) is 0 Å². The first-order valence-corrected chi connectivity index (χ1v) is 8.02. The Morgan fingerprint density at radius 2 is 2.05 bits per heavy atom. The van der Waals surface area contributed by atoms with Gasteiger partial charge in [-0.2, -0.15) is 0 Å². The fraction of sp³-hybridized carbons (Fsp3) is 0.438. The smallest absolute Gasteiger partial charge is 0.346 e. The Kier molecular flexibility index (Phi) is 4.03. The monoisotopic (exact) mass is 289 g/mol. The van der Waals surface area contributed by atoms with E-state index in [0.29, 0.717) is 11.4 Å². The van der Waals surface area contributed by atoms with Gasteiger partial charge in [0.15, 0.2) is 0 Å². The summed E-state index contributed by atoms with van der Waals surface area (Å²) in [5.74, 6) is -0.0444. The first kappa shape index (κ1) is 13.6. The van der Waals surface area contributed by atoms with Crippen molar-refractivity contribution in [3.05, 3.63) is 34.7 Å². The van der Waals surface area contributed by atoms with Crippen molar-refractivity contribution in [2.45, 2.75) is 32.2 Å². The van der Waals surface area contributed by atoms with Crippen molar-refractivity contribution in [3.63, 3.8) is 0 Å². The Hall–Kier alpha value is -1.39. The fourth-order valence-electron chi connectivity index (χ4n) is 3.06. The van der Waals surface area contributed by atoms with Crippen molar-refractivity contribution in [2.75, 3.05) is 6.54 Å². The number of carbonyl (C=O) groups is 1. The molecule has 1 aliphatic rings. The Bertz CT molecular complexity index is 614. The molecule has 106 valence electrons. The molecule has 0 spiro atoms. The second kappa shape index (κ2) is 5.94. The van der Waals surface area contributed by atoms with Gasteiger partial charge in [0.1, 0.15) is 4.88 Å². The maximum atomic E-state index is 11.4. The van der Waals surface area contributed by atoms with Crippen LogP contribution in [0.25, 0.3) is 10.1 Å². The summed E-state index contributed by atoms with van der Waals surface area (Å²) in [5.41, 5.74) is 0.941. The van der Waals surface area contributed by atoms with E-state index >= 15 is 0 Å². The van der Waals surface area contributed by atoms with Crippen molar-refractivity contribution < 1.29 is 9.90 Å². The number of aromatic carboxylic acids is 1. The van der Waals surface area contributed by atoms with E-state index in [0.717, 1.165) is 28.1 Å². The lowest BCUT2D eigenvalue weighted by Crippen LogP contribution is -2.21. The third-order valence-corrected chi connectivity index (χ3v) is 5.30. The minimum Gasteiger partial charge on any atom is -0.477 e. The van der Waals surface area contributed by atoms with Gasteiger partial charge in [-0.1, -0.05) is 31.0 Å². The highest BCUT2D eigenvalue weighted by atomic mass is 32.1. The molecule has 1 aliphatic carbocycles. The minimum absolute atomic E-state index is 0.477. The molecule has 0 radical (unpaired) electrons. The number of nitrogens with one attached hydrogen (secondary N) is 1. The van der Waals surface area contributed by atoms with E-state index in [9.17, 15) is 9.90 Å². The van der Waals surface area contributed by atoms with Crippen LogP contribution in [0.3, 0.4) is 0 Å². The summed E-state index contributed by atoms with van der Waals surface area (Å²) in [6, 6.07) is 7.94. The second-order valence-corrected chi connectivity index (χ2v) is 6.54. The third-order valence-electron chi connectivity index (χ3n) is 4.10. The first-order chi connectivity index (χ1) is 9.75. The summed E-state index contributed by atoms with van der Waals surface area (Å²) in [7, 11) is 0. The number of hydrogen-bond donors (Lipinski definition) is 2. The highest BCUT2D eigenvalue weighted by Gasteiger charge is 2.18. The lowest BCUT2D eigenvalue weighted by atomic mass is 10.1. The number of thiophene rings is 1. The zero-order chi connectivity index (χ0) is 13.9. The first-order valence-electron chi connectivity index (χ1n) is 7.20. The molecule has 0 saturated heterocycles. The zero-order valence-electron chi connectivity index (χ0n) is 11.4. The van der Waals surface area contributed by atoms with Gasteiger partial charge in [0, 0.05) is 11.2 Å². The van der Waals surface area contributed by atoms with Gasteiger partial charge in [-0.3, -0.25) is 0 Å². The molecule has 1 saturated carbocycles. The van der Waals surface area contributed by atoms with Crippen LogP contribution >= 0.6 is 11.3 Å². The molecule has 20 heavy (non-hydrogen) atoms. The number of carboxylic acids is 1. The predicted molar refractivity (Wildman–Crippen MR) is 82.4 cm³/mol. The molecule has 0 amide bonds. The zero-order valence-corrected chi connectivity index (χ0v) is 12.2. The standard InChI is InChI=1S/C16H19NO2S/c18-16(19)15-13(10-17-9-11-5-1-2-6-11)12-7-3-4-8-14(12)20-15/h3-4,7-8,11,17H,1-2,5-6,9-10H2,(H,18,19). The Morgan fingerprint density at radius 1 is 1.30 bits per heavy atom. The van der Waals surface area contributed by atoms with E-state index in [4.69, 9.17) is 0 Å². The van der Waals surface area contributed by atoms with Gasteiger partial charge in [-0.15, -0.1) is 11.3 Å². The second-order valence-electron chi connectivity index (χ2n) is 5.49. The normalized spacial score (nSPS) is 16.0. The van der Waals surface area contributed by atoms with Crippen molar-refractivity contribution in [1.29, 1.82) is 0 Å². The predicted octanol–water partition coefficient (Wildman–Crippen LogP) is 3.88. The van der Waals surface area contributed by atoms with Crippen LogP contribution in [0.5, 0.6) is 0 Å². The number of fused-ring (bicyclic) bond motifs is 1. The van der Waals surface area contributed by atoms with E-state index in [1.807, 2.05) is 24.3 Å². The van der Waals surface area contributed by atoms with Gasteiger partial charge in [-0.05, 0) is 42.3 Å². The molecule has 4 heteroatoms.